The van der Waals surface area contributed by atoms with Gasteiger partial charge < -0.3 is 10.8 Å². The average molecular weight is 272 g/mol. The monoisotopic (exact) mass is 271 g/mol. The fourth-order valence-corrected chi connectivity index (χ4v) is 1.42. The van der Waals surface area contributed by atoms with Gasteiger partial charge >= 0.3 is 6.18 Å². The minimum atomic E-state index is -4.58. The average Bonchev–Trinajstić information content (AvgIpc) is 2.20. The molecule has 0 amide bonds. The quantitative estimate of drug-likeness (QED) is 0.831. The van der Waals surface area contributed by atoms with Crippen LogP contribution in [0.3, 0.4) is 0 Å². The number of aliphatic hydroxyl groups is 1. The maximum Gasteiger partial charge on any atom is 0.403 e. The summed E-state index contributed by atoms with van der Waals surface area (Å²) in [5.74, 6) is -0.706. The van der Waals surface area contributed by atoms with Gasteiger partial charge in [-0.2, -0.15) is 13.2 Å². The maximum atomic E-state index is 12.8. The Kier molecular flexibility index (Phi) is 4.35. The Labute approximate surface area is 100.0 Å². The van der Waals surface area contributed by atoms with E-state index in [2.05, 4.69) is 0 Å². The SMILES string of the molecule is N[C@@H](C[C@H](O)c1ccc(F)c(Cl)c1)C(F)(F)F. The van der Waals surface area contributed by atoms with Crippen LogP contribution in [0, 0.1) is 5.82 Å². The fourth-order valence-electron chi connectivity index (χ4n) is 1.23. The second kappa shape index (κ2) is 5.20. The molecule has 0 unspecified atom stereocenters. The summed E-state index contributed by atoms with van der Waals surface area (Å²) >= 11 is 5.44. The lowest BCUT2D eigenvalue weighted by Crippen LogP contribution is -2.38. The predicted octanol–water partition coefficient (Wildman–Crippen LogP) is 2.79. The molecule has 3 N–H and O–H groups in total. The van der Waals surface area contributed by atoms with Crippen molar-refractivity contribution in [2.75, 3.05) is 0 Å². The largest absolute Gasteiger partial charge is 0.403 e. The van der Waals surface area contributed by atoms with Crippen LogP contribution in [0.25, 0.3) is 0 Å². The van der Waals surface area contributed by atoms with E-state index >= 15 is 0 Å². The highest BCUT2D eigenvalue weighted by molar-refractivity contribution is 6.30. The van der Waals surface area contributed by atoms with Crippen molar-refractivity contribution in [3.05, 3.63) is 34.6 Å². The fraction of sp³-hybridized carbons (Fsp3) is 0.400. The third-order valence-electron chi connectivity index (χ3n) is 2.23. The number of nitrogens with two attached hydrogens (primary N) is 1. The summed E-state index contributed by atoms with van der Waals surface area (Å²) in [4.78, 5) is 0. The Balaban J connectivity index is 2.76. The predicted molar refractivity (Wildman–Crippen MR) is 55.0 cm³/mol. The molecule has 2 atom stereocenters. The highest BCUT2D eigenvalue weighted by Crippen LogP contribution is 2.28. The third kappa shape index (κ3) is 3.83. The van der Waals surface area contributed by atoms with E-state index in [0.717, 1.165) is 18.2 Å². The first-order valence-electron chi connectivity index (χ1n) is 4.67. The Hall–Kier alpha value is -0.850. The van der Waals surface area contributed by atoms with E-state index < -0.39 is 30.6 Å². The van der Waals surface area contributed by atoms with Crippen LogP contribution in [0.4, 0.5) is 17.6 Å². The van der Waals surface area contributed by atoms with E-state index in [0.29, 0.717) is 0 Å². The second-order valence-corrected chi connectivity index (χ2v) is 3.98. The first kappa shape index (κ1) is 14.2. The van der Waals surface area contributed by atoms with Crippen molar-refractivity contribution < 1.29 is 22.7 Å². The van der Waals surface area contributed by atoms with Gasteiger partial charge in [0.15, 0.2) is 0 Å². The summed E-state index contributed by atoms with van der Waals surface area (Å²) in [5, 5.41) is 9.25. The Morgan fingerprint density at radius 3 is 2.41 bits per heavy atom. The zero-order valence-corrected chi connectivity index (χ0v) is 9.26. The molecular weight excluding hydrogens is 262 g/mol. The smallest absolute Gasteiger partial charge is 0.388 e. The second-order valence-electron chi connectivity index (χ2n) is 3.57. The molecule has 1 aromatic rings. The lowest BCUT2D eigenvalue weighted by atomic mass is 10.0. The number of alkyl halides is 3. The summed E-state index contributed by atoms with van der Waals surface area (Å²) in [6, 6.07) is 1.07. The van der Waals surface area contributed by atoms with Gasteiger partial charge in [0.1, 0.15) is 11.9 Å². The van der Waals surface area contributed by atoms with Crippen LogP contribution in [0.1, 0.15) is 18.1 Å². The molecule has 2 nitrogen and oxygen atoms in total. The normalized spacial score (nSPS) is 15.7. The third-order valence-corrected chi connectivity index (χ3v) is 2.52. The van der Waals surface area contributed by atoms with Crippen molar-refractivity contribution in [2.45, 2.75) is 24.7 Å². The molecule has 0 aliphatic carbocycles. The van der Waals surface area contributed by atoms with Crippen molar-refractivity contribution in [3.63, 3.8) is 0 Å². The number of aliphatic hydroxyl groups excluding tert-OH is 1. The van der Waals surface area contributed by atoms with Crippen LogP contribution in [0.15, 0.2) is 18.2 Å². The van der Waals surface area contributed by atoms with Crippen LogP contribution < -0.4 is 5.73 Å². The first-order chi connectivity index (χ1) is 7.71. The molecule has 0 aromatic heterocycles. The van der Waals surface area contributed by atoms with Gasteiger partial charge in [-0.05, 0) is 17.7 Å². The maximum absolute atomic E-state index is 12.8. The number of hydrogen-bond acceptors (Lipinski definition) is 2. The van der Waals surface area contributed by atoms with Crippen LogP contribution in [-0.2, 0) is 0 Å². The Bertz CT molecular complexity index is 396. The van der Waals surface area contributed by atoms with Crippen LogP contribution >= 0.6 is 11.6 Å². The topological polar surface area (TPSA) is 46.2 Å². The summed E-state index contributed by atoms with van der Waals surface area (Å²) in [6.07, 6.45) is -6.72. The van der Waals surface area contributed by atoms with Crippen molar-refractivity contribution in [1.29, 1.82) is 0 Å². The molecule has 96 valence electrons. The Morgan fingerprint density at radius 1 is 1.35 bits per heavy atom. The van der Waals surface area contributed by atoms with Gasteiger partial charge in [-0.3, -0.25) is 0 Å². The van der Waals surface area contributed by atoms with E-state index in [1.807, 2.05) is 0 Å². The van der Waals surface area contributed by atoms with Gasteiger partial charge in [0, 0.05) is 6.42 Å². The standard InChI is InChI=1S/C10H10ClF4NO/c11-6-3-5(1-2-7(6)12)8(17)4-9(16)10(13,14)15/h1-3,8-9,17H,4,16H2/t8-,9-/m0/s1. The van der Waals surface area contributed by atoms with Gasteiger partial charge in [0.25, 0.3) is 0 Å². The summed E-state index contributed by atoms with van der Waals surface area (Å²) in [7, 11) is 0. The highest BCUT2D eigenvalue weighted by atomic mass is 35.5. The van der Waals surface area contributed by atoms with Gasteiger partial charge in [0.2, 0.25) is 0 Å². The van der Waals surface area contributed by atoms with Gasteiger partial charge in [-0.25, -0.2) is 4.39 Å². The summed E-state index contributed by atoms with van der Waals surface area (Å²) < 4.78 is 49.2. The molecular formula is C10H10ClF4NO. The summed E-state index contributed by atoms with van der Waals surface area (Å²) in [6.45, 7) is 0. The lowest BCUT2D eigenvalue weighted by Gasteiger charge is -2.19. The van der Waals surface area contributed by atoms with E-state index in [1.165, 1.54) is 0 Å². The number of hydrogen-bond donors (Lipinski definition) is 2. The Morgan fingerprint density at radius 2 is 1.94 bits per heavy atom. The molecule has 0 spiro atoms. The van der Waals surface area contributed by atoms with Gasteiger partial charge in [-0.1, -0.05) is 17.7 Å². The molecule has 0 aliphatic rings. The highest BCUT2D eigenvalue weighted by Gasteiger charge is 2.37. The molecule has 1 rings (SSSR count). The van der Waals surface area contributed by atoms with Gasteiger partial charge in [0.05, 0.1) is 11.1 Å². The van der Waals surface area contributed by atoms with Crippen molar-refractivity contribution in [2.24, 2.45) is 5.73 Å². The van der Waals surface area contributed by atoms with Crippen molar-refractivity contribution in [1.82, 2.24) is 0 Å². The van der Waals surface area contributed by atoms with Crippen molar-refractivity contribution in [3.8, 4) is 0 Å². The first-order valence-corrected chi connectivity index (χ1v) is 5.05. The van der Waals surface area contributed by atoms with E-state index in [1.54, 1.807) is 0 Å². The molecule has 0 radical (unpaired) electrons. The number of benzene rings is 1. The lowest BCUT2D eigenvalue weighted by molar-refractivity contribution is -0.153. The molecule has 0 heterocycles. The van der Waals surface area contributed by atoms with Gasteiger partial charge in [-0.15, -0.1) is 0 Å². The molecule has 7 heteroatoms. The molecule has 0 saturated carbocycles. The van der Waals surface area contributed by atoms with Crippen LogP contribution in [-0.4, -0.2) is 17.3 Å². The number of rotatable bonds is 3. The molecule has 0 fully saturated rings. The number of halogens is 5. The van der Waals surface area contributed by atoms with Crippen LogP contribution in [0.5, 0.6) is 0 Å². The molecule has 0 saturated heterocycles. The molecule has 1 aromatic carbocycles. The molecule has 17 heavy (non-hydrogen) atoms. The van der Waals surface area contributed by atoms with E-state index in [4.69, 9.17) is 17.3 Å². The minimum absolute atomic E-state index is 0.0936. The van der Waals surface area contributed by atoms with E-state index in [9.17, 15) is 22.7 Å². The zero-order chi connectivity index (χ0) is 13.2. The van der Waals surface area contributed by atoms with Crippen LogP contribution in [0.2, 0.25) is 5.02 Å². The minimum Gasteiger partial charge on any atom is -0.388 e. The summed E-state index contributed by atoms with van der Waals surface area (Å²) in [5.41, 5.74) is 4.96. The van der Waals surface area contributed by atoms with Crippen molar-refractivity contribution >= 4 is 11.6 Å². The zero-order valence-electron chi connectivity index (χ0n) is 8.51. The van der Waals surface area contributed by atoms with E-state index in [-0.39, 0.29) is 10.6 Å². The molecule has 0 aliphatic heterocycles. The molecule has 0 bridgehead atoms.